The van der Waals surface area contributed by atoms with Gasteiger partial charge in [0.15, 0.2) is 0 Å². The lowest BCUT2D eigenvalue weighted by atomic mass is 10.5. The maximum Gasteiger partial charge on any atom is 0.138 e. The Bertz CT molecular complexity index is 23.0. The maximum atomic E-state index is 4.85. The number of ether oxygens (including phenoxy) is 1. The van der Waals surface area contributed by atoms with Gasteiger partial charge in [-0.3, -0.25) is 0 Å². The molecular weight excluding hydrogens is 96.1 g/mol. The minimum absolute atomic E-state index is 0.799. The van der Waals surface area contributed by atoms with Crippen LogP contribution in [0.15, 0.2) is 0 Å². The lowest BCUT2D eigenvalue weighted by Crippen LogP contribution is -1.98. The average Bonchev–Trinajstić information content (AvgIpc) is 1.72. The summed E-state index contributed by atoms with van der Waals surface area (Å²) in [5.41, 5.74) is 0. The van der Waals surface area contributed by atoms with Gasteiger partial charge in [0, 0.05) is 5.75 Å². The SMILES string of the molecule is [CH]1CO[CH]SC1. The van der Waals surface area contributed by atoms with E-state index in [1.54, 1.807) is 17.7 Å². The van der Waals surface area contributed by atoms with E-state index in [9.17, 15) is 0 Å². The quantitative estimate of drug-likeness (QED) is 0.452. The second kappa shape index (κ2) is 2.48. The topological polar surface area (TPSA) is 9.23 Å². The predicted molar refractivity (Wildman–Crippen MR) is 27.0 cm³/mol. The number of hydrogen-bond donors (Lipinski definition) is 0. The highest BCUT2D eigenvalue weighted by Gasteiger charge is 1.96. The Labute approximate surface area is 42.1 Å². The molecule has 0 amide bonds. The highest BCUT2D eigenvalue weighted by Crippen LogP contribution is 2.12. The van der Waals surface area contributed by atoms with Gasteiger partial charge in [0.2, 0.25) is 0 Å². The summed E-state index contributed by atoms with van der Waals surface area (Å²) >= 11 is 1.69. The second-order valence-electron chi connectivity index (χ2n) is 1.05. The van der Waals surface area contributed by atoms with Crippen LogP contribution in [0.2, 0.25) is 0 Å². The molecule has 0 aromatic carbocycles. The first-order chi connectivity index (χ1) is 3.00. The van der Waals surface area contributed by atoms with Crippen molar-refractivity contribution >= 4 is 11.8 Å². The van der Waals surface area contributed by atoms with Crippen LogP contribution in [-0.2, 0) is 4.74 Å². The fraction of sp³-hybridized carbons (Fsp3) is 0.500. The molecule has 1 saturated heterocycles. The lowest BCUT2D eigenvalue weighted by Gasteiger charge is -2.06. The molecule has 1 nitrogen and oxygen atoms in total. The van der Waals surface area contributed by atoms with E-state index in [-0.39, 0.29) is 0 Å². The van der Waals surface area contributed by atoms with E-state index in [2.05, 4.69) is 6.42 Å². The van der Waals surface area contributed by atoms with Crippen molar-refractivity contribution in [2.75, 3.05) is 12.4 Å². The third-order valence-corrected chi connectivity index (χ3v) is 1.26. The second-order valence-corrected chi connectivity index (χ2v) is 1.91. The Morgan fingerprint density at radius 2 is 2.67 bits per heavy atom. The van der Waals surface area contributed by atoms with Crippen molar-refractivity contribution in [3.63, 3.8) is 0 Å². The molecular formula is C4H6OS. The van der Waals surface area contributed by atoms with Crippen molar-refractivity contribution in [1.82, 2.24) is 0 Å². The molecule has 1 aliphatic rings. The first-order valence-electron chi connectivity index (χ1n) is 1.87. The van der Waals surface area contributed by atoms with Gasteiger partial charge in [0.1, 0.15) is 5.94 Å². The van der Waals surface area contributed by atoms with Crippen LogP contribution in [0, 0.1) is 12.4 Å². The van der Waals surface area contributed by atoms with E-state index in [1.807, 2.05) is 0 Å². The summed E-state index contributed by atoms with van der Waals surface area (Å²) in [7, 11) is 0. The van der Waals surface area contributed by atoms with Crippen molar-refractivity contribution in [2.45, 2.75) is 0 Å². The smallest absolute Gasteiger partial charge is 0.138 e. The Kier molecular flexibility index (Phi) is 1.85. The minimum Gasteiger partial charge on any atom is -0.364 e. The fourth-order valence-corrected chi connectivity index (χ4v) is 0.797. The van der Waals surface area contributed by atoms with Crippen LogP contribution in [0.4, 0.5) is 0 Å². The van der Waals surface area contributed by atoms with Gasteiger partial charge in [-0.05, 0) is 6.42 Å². The molecule has 6 heavy (non-hydrogen) atoms. The Morgan fingerprint density at radius 1 is 1.67 bits per heavy atom. The van der Waals surface area contributed by atoms with Crippen LogP contribution in [0.1, 0.15) is 0 Å². The monoisotopic (exact) mass is 102 g/mol. The van der Waals surface area contributed by atoms with Crippen molar-refractivity contribution in [1.29, 1.82) is 0 Å². The van der Waals surface area contributed by atoms with Gasteiger partial charge in [-0.2, -0.15) is 0 Å². The zero-order chi connectivity index (χ0) is 4.24. The third-order valence-electron chi connectivity index (χ3n) is 0.564. The molecule has 0 aromatic heterocycles. The molecule has 0 atom stereocenters. The van der Waals surface area contributed by atoms with Crippen LogP contribution in [-0.4, -0.2) is 12.4 Å². The van der Waals surface area contributed by atoms with E-state index in [4.69, 9.17) is 4.74 Å². The first kappa shape index (κ1) is 4.47. The van der Waals surface area contributed by atoms with Crippen LogP contribution < -0.4 is 0 Å². The normalized spacial score (nSPS) is 24.0. The van der Waals surface area contributed by atoms with Gasteiger partial charge in [-0.15, -0.1) is 11.8 Å². The van der Waals surface area contributed by atoms with Crippen LogP contribution in [0.5, 0.6) is 0 Å². The van der Waals surface area contributed by atoms with E-state index >= 15 is 0 Å². The number of thioether (sulfide) groups is 1. The highest BCUT2D eigenvalue weighted by molar-refractivity contribution is 8.01. The molecule has 1 heterocycles. The molecule has 0 aliphatic carbocycles. The van der Waals surface area contributed by atoms with Gasteiger partial charge >= 0.3 is 0 Å². The van der Waals surface area contributed by atoms with Gasteiger partial charge in [-0.25, -0.2) is 0 Å². The molecule has 1 aliphatic heterocycles. The molecule has 0 bridgehead atoms. The maximum absolute atomic E-state index is 4.85. The molecule has 34 valence electrons. The molecule has 0 aromatic rings. The van der Waals surface area contributed by atoms with Crippen LogP contribution >= 0.6 is 11.8 Å². The van der Waals surface area contributed by atoms with Crippen LogP contribution in [0.25, 0.3) is 0 Å². The molecule has 2 heteroatoms. The summed E-state index contributed by atoms with van der Waals surface area (Å²) in [4.78, 5) is 0. The molecule has 0 saturated carbocycles. The number of rotatable bonds is 0. The summed E-state index contributed by atoms with van der Waals surface area (Å²) in [6.45, 7) is 0.799. The van der Waals surface area contributed by atoms with Crippen molar-refractivity contribution in [3.05, 3.63) is 12.4 Å². The van der Waals surface area contributed by atoms with Gasteiger partial charge < -0.3 is 4.74 Å². The van der Waals surface area contributed by atoms with E-state index in [0.717, 1.165) is 12.4 Å². The first-order valence-corrected chi connectivity index (χ1v) is 2.91. The summed E-state index contributed by atoms with van der Waals surface area (Å²) in [6.07, 6.45) is 2.10. The summed E-state index contributed by atoms with van der Waals surface area (Å²) in [5.74, 6) is 2.89. The van der Waals surface area contributed by atoms with Crippen LogP contribution in [0.3, 0.4) is 0 Å². The van der Waals surface area contributed by atoms with Crippen molar-refractivity contribution in [2.24, 2.45) is 0 Å². The van der Waals surface area contributed by atoms with Crippen molar-refractivity contribution < 1.29 is 4.74 Å². The molecule has 2 radical (unpaired) electrons. The van der Waals surface area contributed by atoms with Gasteiger partial charge in [0.05, 0.1) is 6.61 Å². The fourth-order valence-electron chi connectivity index (χ4n) is 0.311. The lowest BCUT2D eigenvalue weighted by molar-refractivity contribution is 0.253. The van der Waals surface area contributed by atoms with Gasteiger partial charge in [-0.1, -0.05) is 0 Å². The third kappa shape index (κ3) is 1.19. The zero-order valence-corrected chi connectivity index (χ0v) is 4.20. The standard InChI is InChI=1S/C4H6OS/c1-2-5-4-6-3-1/h1,4H,2-3H2. The van der Waals surface area contributed by atoms with E-state index in [1.165, 1.54) is 0 Å². The van der Waals surface area contributed by atoms with Gasteiger partial charge in [0.25, 0.3) is 0 Å². The molecule has 1 fully saturated rings. The number of hydrogen-bond acceptors (Lipinski definition) is 2. The van der Waals surface area contributed by atoms with E-state index < -0.39 is 0 Å². The summed E-state index contributed by atoms with van der Waals surface area (Å²) < 4.78 is 4.85. The minimum atomic E-state index is 0.799. The van der Waals surface area contributed by atoms with Crippen molar-refractivity contribution in [3.8, 4) is 0 Å². The summed E-state index contributed by atoms with van der Waals surface area (Å²) in [6, 6.07) is 0. The predicted octanol–water partition coefficient (Wildman–Crippen LogP) is 1.07. The molecule has 0 spiro atoms. The zero-order valence-electron chi connectivity index (χ0n) is 3.39. The average molecular weight is 102 g/mol. The molecule has 0 unspecified atom stereocenters. The largest absolute Gasteiger partial charge is 0.364 e. The molecule has 1 rings (SSSR count). The van der Waals surface area contributed by atoms with E-state index in [0.29, 0.717) is 0 Å². The molecule has 0 N–H and O–H groups in total. The summed E-state index contributed by atoms with van der Waals surface area (Å²) in [5, 5.41) is 0. The Hall–Kier alpha value is 0.310. The Balaban J connectivity index is 2.00. The Morgan fingerprint density at radius 3 is 2.83 bits per heavy atom. The highest BCUT2D eigenvalue weighted by atomic mass is 32.2.